The monoisotopic (exact) mass is 1250 g/mol. The summed E-state index contributed by atoms with van der Waals surface area (Å²) < 4.78 is 25.9. The lowest BCUT2D eigenvalue weighted by Gasteiger charge is -2.29. The zero-order valence-electron chi connectivity index (χ0n) is 51.3. The predicted molar refractivity (Wildman–Crippen MR) is 318 cm³/mol. The van der Waals surface area contributed by atoms with Gasteiger partial charge in [0.15, 0.2) is 0 Å². The largest absolute Gasteiger partial charge is 0.391 e. The SMILES string of the molecule is CC(C)CCCCC(=O)NC(CCN)C(=O)NC(C(=O)NC(CCN)C(=O)NC1CCNC(=O)C(C(C)O)NC(=O)C(CCN)NC(=O)C(CCN)NC(=O)C(CC(C)C)NC(=O)C(CC(C)C)NC(=O)C(CCN)NC1=O)C(C)O.CS(=O)(=O)O. The lowest BCUT2D eigenvalue weighted by atomic mass is 9.99. The van der Waals surface area contributed by atoms with Gasteiger partial charge in [-0.25, -0.2) is 0 Å². The first-order valence-electron chi connectivity index (χ1n) is 29.2. The number of unbranched alkanes of at least 4 members (excludes halogenated alkanes) is 1. The summed E-state index contributed by atoms with van der Waals surface area (Å²) >= 11 is 0. The van der Waals surface area contributed by atoms with E-state index in [4.69, 9.17) is 33.2 Å². The van der Waals surface area contributed by atoms with Crippen LogP contribution in [-0.4, -0.2) is 206 Å². The maximum absolute atomic E-state index is 14.4. The van der Waals surface area contributed by atoms with Gasteiger partial charge < -0.3 is 97.4 Å². The fourth-order valence-electron chi connectivity index (χ4n) is 8.62. The van der Waals surface area contributed by atoms with Gasteiger partial charge in [-0.15, -0.1) is 0 Å². The Bertz CT molecular complexity index is 2290. The second kappa shape index (κ2) is 41.8. The predicted octanol–water partition coefficient (Wildman–Crippen LogP) is -6.33. The van der Waals surface area contributed by atoms with Crippen LogP contribution >= 0.6 is 0 Å². The number of carbonyl (C=O) groups excluding carboxylic acids is 11. The Morgan fingerprint density at radius 3 is 1.33 bits per heavy atom. The number of amides is 11. The number of rotatable bonds is 28. The molecule has 86 heavy (non-hydrogen) atoms. The fourth-order valence-corrected chi connectivity index (χ4v) is 8.62. The molecule has 1 fully saturated rings. The molecule has 11 amide bonds. The van der Waals surface area contributed by atoms with Crippen molar-refractivity contribution in [2.45, 2.75) is 205 Å². The standard InChI is InChI=1S/C52H98N16O13.CH4O3S/c1-27(2)11-9-10-12-40(71)59-32(13-19-53)47(76)68-42(31(8)70)52(81)64-35(16-22-56)44(73)63-37-18-24-58-51(80)41(30(7)69)67-48(77)36(17-23-57)61-43(72)33(14-20-54)62-49(78)38(25-28(3)4)66-50(79)39(26-29(5)6)65-45(74)34(15-21-55)60-46(37)75;1-5(2,3)4/h27-39,41-42,69-70H,9-26,53-57H2,1-8H3,(H,58,80)(H,59,71)(H,60,75)(H,61,72)(H,62,78)(H,63,73)(H,64,81)(H,65,74)(H,66,79)(H,67,77)(H,68,76);1H3,(H,2,3,4). The number of nitrogens with two attached hydrogens (primary N) is 5. The third kappa shape index (κ3) is 33.1. The molecule has 0 aromatic carbocycles. The van der Waals surface area contributed by atoms with Gasteiger partial charge in [-0.1, -0.05) is 54.4 Å². The maximum atomic E-state index is 14.4. The number of aliphatic hydroxyl groups excluding tert-OH is 2. The van der Waals surface area contributed by atoms with E-state index in [-0.39, 0.29) is 95.9 Å². The van der Waals surface area contributed by atoms with Gasteiger partial charge in [0.2, 0.25) is 65.0 Å². The van der Waals surface area contributed by atoms with Crippen molar-refractivity contribution in [1.29, 1.82) is 0 Å². The van der Waals surface area contributed by atoms with Crippen LogP contribution in [0.4, 0.5) is 0 Å². The zero-order chi connectivity index (χ0) is 66.0. The molecule has 0 bridgehead atoms. The van der Waals surface area contributed by atoms with Gasteiger partial charge in [-0.2, -0.15) is 8.42 Å². The Kier molecular flexibility index (Phi) is 38.8. The molecule has 12 unspecified atom stereocenters. The molecule has 1 saturated heterocycles. The van der Waals surface area contributed by atoms with Crippen LogP contribution in [0.1, 0.15) is 132 Å². The molecule has 12 atom stereocenters. The van der Waals surface area contributed by atoms with Crippen molar-refractivity contribution >= 4 is 75.1 Å². The van der Waals surface area contributed by atoms with Crippen LogP contribution in [0.3, 0.4) is 0 Å². The smallest absolute Gasteiger partial charge is 0.261 e. The molecular weight excluding hydrogens is 1150 g/mol. The van der Waals surface area contributed by atoms with Crippen molar-refractivity contribution in [2.24, 2.45) is 46.4 Å². The summed E-state index contributed by atoms with van der Waals surface area (Å²) in [4.78, 5) is 152. The second-order valence-electron chi connectivity index (χ2n) is 22.6. The molecule has 496 valence electrons. The fraction of sp³-hybridized carbons (Fsp3) is 0.792. The van der Waals surface area contributed by atoms with Crippen LogP contribution in [0.15, 0.2) is 0 Å². The van der Waals surface area contributed by atoms with E-state index in [0.717, 1.165) is 12.8 Å². The molecule has 1 aliphatic heterocycles. The Hall–Kier alpha value is -6.20. The van der Waals surface area contributed by atoms with Gasteiger partial charge >= 0.3 is 0 Å². The molecular formula is C53H102N16O16S. The van der Waals surface area contributed by atoms with Gasteiger partial charge in [0.05, 0.1) is 18.5 Å². The quantitative estimate of drug-likeness (QED) is 0.0256. The van der Waals surface area contributed by atoms with Gasteiger partial charge in [-0.05, 0) is 122 Å². The average molecular weight is 1250 g/mol. The summed E-state index contributed by atoms with van der Waals surface area (Å²) in [5, 5.41) is 49.5. The van der Waals surface area contributed by atoms with E-state index in [1.807, 2.05) is 0 Å². The van der Waals surface area contributed by atoms with Crippen LogP contribution in [0.5, 0.6) is 0 Å². The highest BCUT2D eigenvalue weighted by Gasteiger charge is 2.37. The van der Waals surface area contributed by atoms with Crippen LogP contribution in [0, 0.1) is 17.8 Å². The van der Waals surface area contributed by atoms with Crippen molar-refractivity contribution < 1.29 is 75.9 Å². The molecule has 1 heterocycles. The highest BCUT2D eigenvalue weighted by atomic mass is 32.2. The molecule has 0 spiro atoms. The Balaban J connectivity index is 0.0000138. The van der Waals surface area contributed by atoms with Crippen LogP contribution in [0.25, 0.3) is 0 Å². The summed E-state index contributed by atoms with van der Waals surface area (Å²) in [5.41, 5.74) is 29.2. The third-order valence-electron chi connectivity index (χ3n) is 13.1. The minimum atomic E-state index is -3.67. The van der Waals surface area contributed by atoms with E-state index >= 15 is 0 Å². The lowest BCUT2D eigenvalue weighted by molar-refractivity contribution is -0.137. The molecule has 0 aliphatic carbocycles. The molecule has 1 aliphatic rings. The average Bonchev–Trinajstić information content (AvgIpc) is 2.27. The van der Waals surface area contributed by atoms with E-state index in [1.165, 1.54) is 13.8 Å². The topological polar surface area (TPSA) is 545 Å². The van der Waals surface area contributed by atoms with Gasteiger partial charge in [0.25, 0.3) is 10.1 Å². The molecule has 0 aromatic heterocycles. The number of hydrogen-bond donors (Lipinski definition) is 19. The van der Waals surface area contributed by atoms with Crippen molar-refractivity contribution in [1.82, 2.24) is 58.5 Å². The molecule has 1 rings (SSSR count). The van der Waals surface area contributed by atoms with Gasteiger partial charge in [0, 0.05) is 13.0 Å². The summed E-state index contributed by atoms with van der Waals surface area (Å²) in [7, 11) is -3.67. The number of carbonyl (C=O) groups is 11. The van der Waals surface area contributed by atoms with Gasteiger partial charge in [-0.3, -0.25) is 57.3 Å². The molecule has 0 saturated carbocycles. The maximum Gasteiger partial charge on any atom is 0.261 e. The van der Waals surface area contributed by atoms with Crippen LogP contribution in [0.2, 0.25) is 0 Å². The molecule has 0 aromatic rings. The summed E-state index contributed by atoms with van der Waals surface area (Å²) in [6, 6.07) is -14.5. The van der Waals surface area contributed by atoms with Gasteiger partial charge in [0.1, 0.15) is 60.4 Å². The minimum Gasteiger partial charge on any atom is -0.391 e. The number of hydrogen-bond acceptors (Lipinski definition) is 20. The molecule has 0 radical (unpaired) electrons. The van der Waals surface area contributed by atoms with E-state index in [2.05, 4.69) is 72.3 Å². The summed E-state index contributed by atoms with van der Waals surface area (Å²) in [6.07, 6.45) is -1.09. The Labute approximate surface area is 504 Å². The van der Waals surface area contributed by atoms with Crippen molar-refractivity contribution in [3.8, 4) is 0 Å². The lowest BCUT2D eigenvalue weighted by Crippen LogP contribution is -2.62. The summed E-state index contributed by atoms with van der Waals surface area (Å²) in [6.45, 7) is 12.6. The van der Waals surface area contributed by atoms with Crippen molar-refractivity contribution in [3.63, 3.8) is 0 Å². The first-order valence-corrected chi connectivity index (χ1v) is 31.1. The number of nitrogens with one attached hydrogen (secondary N) is 11. The van der Waals surface area contributed by atoms with E-state index in [9.17, 15) is 71.4 Å². The first kappa shape index (κ1) is 79.8. The van der Waals surface area contributed by atoms with E-state index < -0.39 is 161 Å². The highest BCUT2D eigenvalue weighted by molar-refractivity contribution is 7.85. The molecule has 24 N–H and O–H groups in total. The van der Waals surface area contributed by atoms with E-state index in [0.29, 0.717) is 18.6 Å². The first-order chi connectivity index (χ1) is 40.1. The van der Waals surface area contributed by atoms with Crippen molar-refractivity contribution in [2.75, 3.05) is 45.5 Å². The zero-order valence-corrected chi connectivity index (χ0v) is 52.1. The molecule has 32 nitrogen and oxygen atoms in total. The normalized spacial score (nSPS) is 22.6. The Morgan fingerprint density at radius 2 is 0.930 bits per heavy atom. The second-order valence-corrected chi connectivity index (χ2v) is 24.1. The highest BCUT2D eigenvalue weighted by Crippen LogP contribution is 2.13. The Morgan fingerprint density at radius 1 is 0.523 bits per heavy atom. The molecule has 33 heteroatoms. The van der Waals surface area contributed by atoms with E-state index in [1.54, 1.807) is 27.7 Å². The van der Waals surface area contributed by atoms with Crippen LogP contribution in [-0.2, 0) is 62.9 Å². The minimum absolute atomic E-state index is 0.0139. The van der Waals surface area contributed by atoms with Crippen molar-refractivity contribution in [3.05, 3.63) is 0 Å². The number of aliphatic hydroxyl groups is 2. The third-order valence-corrected chi connectivity index (χ3v) is 13.1. The van der Waals surface area contributed by atoms with Crippen LogP contribution < -0.4 is 87.2 Å². The summed E-state index contributed by atoms with van der Waals surface area (Å²) in [5.74, 6) is -9.55.